The quantitative estimate of drug-likeness (QED) is 0.632. The first-order valence-electron chi connectivity index (χ1n) is 6.41. The number of primary amides is 1. The standard InChI is InChI=1S/C13H14F3N3O4/c1-6(2)10(11(17)20)18-12(21)8-4-3-7(13(14,15)16)5-9(8)19(22)23/h3-6,10H,1-2H3,(H2,17,20)(H,18,21)/t10-/m0/s1. The highest BCUT2D eigenvalue weighted by Gasteiger charge is 2.34. The molecule has 0 aromatic heterocycles. The number of amides is 2. The summed E-state index contributed by atoms with van der Waals surface area (Å²) < 4.78 is 37.8. The van der Waals surface area contributed by atoms with Gasteiger partial charge in [0.2, 0.25) is 5.91 Å². The molecule has 7 nitrogen and oxygen atoms in total. The van der Waals surface area contributed by atoms with Gasteiger partial charge in [-0.3, -0.25) is 19.7 Å². The van der Waals surface area contributed by atoms with E-state index in [1.54, 1.807) is 13.8 Å². The van der Waals surface area contributed by atoms with Crippen molar-refractivity contribution in [1.82, 2.24) is 5.32 Å². The highest BCUT2D eigenvalue weighted by atomic mass is 19.4. The largest absolute Gasteiger partial charge is 0.416 e. The number of nitro benzene ring substituents is 1. The molecule has 3 N–H and O–H groups in total. The van der Waals surface area contributed by atoms with Gasteiger partial charge in [-0.2, -0.15) is 13.2 Å². The van der Waals surface area contributed by atoms with E-state index in [1.807, 2.05) is 0 Å². The van der Waals surface area contributed by atoms with Gasteiger partial charge in [0.15, 0.2) is 0 Å². The fraction of sp³-hybridized carbons (Fsp3) is 0.385. The normalized spacial score (nSPS) is 12.8. The van der Waals surface area contributed by atoms with Crippen LogP contribution >= 0.6 is 0 Å². The van der Waals surface area contributed by atoms with E-state index in [1.165, 1.54) is 0 Å². The molecule has 0 aliphatic rings. The van der Waals surface area contributed by atoms with Gasteiger partial charge in [0.25, 0.3) is 11.6 Å². The molecule has 0 fully saturated rings. The number of nitro groups is 1. The van der Waals surface area contributed by atoms with Crippen molar-refractivity contribution in [3.63, 3.8) is 0 Å². The number of carbonyl (C=O) groups is 2. The molecule has 0 aliphatic heterocycles. The van der Waals surface area contributed by atoms with Gasteiger partial charge >= 0.3 is 6.18 Å². The summed E-state index contributed by atoms with van der Waals surface area (Å²) >= 11 is 0. The Labute approximate surface area is 128 Å². The monoisotopic (exact) mass is 333 g/mol. The number of hydrogen-bond donors (Lipinski definition) is 2. The van der Waals surface area contributed by atoms with Crippen molar-refractivity contribution in [2.24, 2.45) is 11.7 Å². The van der Waals surface area contributed by atoms with Gasteiger partial charge in [0, 0.05) is 6.07 Å². The van der Waals surface area contributed by atoms with Crippen LogP contribution in [0, 0.1) is 16.0 Å². The van der Waals surface area contributed by atoms with E-state index in [0.29, 0.717) is 12.1 Å². The minimum Gasteiger partial charge on any atom is -0.368 e. The second kappa shape index (κ2) is 6.63. The van der Waals surface area contributed by atoms with Gasteiger partial charge in [0.05, 0.1) is 10.5 Å². The lowest BCUT2D eigenvalue weighted by molar-refractivity contribution is -0.385. The Bertz CT molecular complexity index is 644. The van der Waals surface area contributed by atoms with Gasteiger partial charge in [-0.15, -0.1) is 0 Å². The molecular weight excluding hydrogens is 319 g/mol. The first-order valence-corrected chi connectivity index (χ1v) is 6.41. The van der Waals surface area contributed by atoms with Gasteiger partial charge in [-0.1, -0.05) is 13.8 Å². The number of hydrogen-bond acceptors (Lipinski definition) is 4. The maximum atomic E-state index is 12.6. The van der Waals surface area contributed by atoms with Crippen molar-refractivity contribution >= 4 is 17.5 Å². The molecular formula is C13H14F3N3O4. The molecule has 1 rings (SSSR count). The molecule has 1 aromatic carbocycles. The van der Waals surface area contributed by atoms with Crippen LogP contribution in [0.1, 0.15) is 29.8 Å². The van der Waals surface area contributed by atoms with Crippen LogP contribution in [0.3, 0.4) is 0 Å². The molecule has 10 heteroatoms. The molecule has 0 unspecified atom stereocenters. The van der Waals surface area contributed by atoms with Crippen molar-refractivity contribution in [2.45, 2.75) is 26.1 Å². The van der Waals surface area contributed by atoms with Crippen LogP contribution in [0.15, 0.2) is 18.2 Å². The van der Waals surface area contributed by atoms with Gasteiger partial charge in [-0.25, -0.2) is 0 Å². The van der Waals surface area contributed by atoms with Crippen LogP contribution in [0.25, 0.3) is 0 Å². The lowest BCUT2D eigenvalue weighted by atomic mass is 10.0. The minimum atomic E-state index is -4.78. The summed E-state index contributed by atoms with van der Waals surface area (Å²) in [6, 6.07) is 0.402. The fourth-order valence-corrected chi connectivity index (χ4v) is 1.84. The van der Waals surface area contributed by atoms with E-state index in [2.05, 4.69) is 5.32 Å². The van der Waals surface area contributed by atoms with E-state index in [4.69, 9.17) is 5.73 Å². The topological polar surface area (TPSA) is 115 Å². The average molecular weight is 333 g/mol. The summed E-state index contributed by atoms with van der Waals surface area (Å²) in [5.74, 6) is -2.31. The van der Waals surface area contributed by atoms with Crippen LogP contribution in [0.5, 0.6) is 0 Å². The summed E-state index contributed by atoms with van der Waals surface area (Å²) in [5, 5.41) is 13.1. The molecule has 1 atom stereocenters. The smallest absolute Gasteiger partial charge is 0.368 e. The second-order valence-electron chi connectivity index (χ2n) is 5.08. The Balaban J connectivity index is 3.24. The Morgan fingerprint density at radius 2 is 1.87 bits per heavy atom. The third-order valence-electron chi connectivity index (χ3n) is 3.03. The first kappa shape index (κ1) is 18.4. The van der Waals surface area contributed by atoms with Crippen LogP contribution in [-0.2, 0) is 11.0 Å². The van der Waals surface area contributed by atoms with E-state index >= 15 is 0 Å². The Morgan fingerprint density at radius 1 is 1.30 bits per heavy atom. The molecule has 0 saturated heterocycles. The van der Waals surface area contributed by atoms with E-state index in [0.717, 1.165) is 0 Å². The molecule has 126 valence electrons. The van der Waals surface area contributed by atoms with E-state index in [-0.39, 0.29) is 6.07 Å². The molecule has 1 aromatic rings. The van der Waals surface area contributed by atoms with Crippen LogP contribution in [0.4, 0.5) is 18.9 Å². The van der Waals surface area contributed by atoms with E-state index in [9.17, 15) is 32.9 Å². The summed E-state index contributed by atoms with van der Waals surface area (Å²) in [7, 11) is 0. The number of nitrogens with two attached hydrogens (primary N) is 1. The molecule has 0 saturated carbocycles. The second-order valence-corrected chi connectivity index (χ2v) is 5.08. The van der Waals surface area contributed by atoms with Gasteiger partial charge in [-0.05, 0) is 18.1 Å². The van der Waals surface area contributed by atoms with Crippen molar-refractivity contribution in [3.8, 4) is 0 Å². The predicted molar refractivity (Wildman–Crippen MR) is 73.4 cm³/mol. The van der Waals surface area contributed by atoms with Crippen molar-refractivity contribution < 1.29 is 27.7 Å². The lowest BCUT2D eigenvalue weighted by Gasteiger charge is -2.19. The van der Waals surface area contributed by atoms with Gasteiger partial charge in [0.1, 0.15) is 11.6 Å². The molecule has 23 heavy (non-hydrogen) atoms. The van der Waals surface area contributed by atoms with Gasteiger partial charge < -0.3 is 11.1 Å². The number of halogens is 3. The number of benzene rings is 1. The summed E-state index contributed by atoms with van der Waals surface area (Å²) in [5.41, 5.74) is 2.26. The zero-order chi connectivity index (χ0) is 17.9. The molecule has 0 aliphatic carbocycles. The predicted octanol–water partition coefficient (Wildman–Crippen LogP) is 1.85. The maximum absolute atomic E-state index is 12.6. The Hall–Kier alpha value is -2.65. The van der Waals surface area contributed by atoms with Crippen molar-refractivity contribution in [3.05, 3.63) is 39.4 Å². The zero-order valence-corrected chi connectivity index (χ0v) is 12.2. The summed E-state index contributed by atoms with van der Waals surface area (Å²) in [6.07, 6.45) is -4.78. The highest BCUT2D eigenvalue weighted by Crippen LogP contribution is 2.33. The lowest BCUT2D eigenvalue weighted by Crippen LogP contribution is -2.47. The van der Waals surface area contributed by atoms with E-state index < -0.39 is 51.7 Å². The summed E-state index contributed by atoms with van der Waals surface area (Å²) in [6.45, 7) is 3.16. The molecule has 0 radical (unpaired) electrons. The zero-order valence-electron chi connectivity index (χ0n) is 12.2. The Morgan fingerprint density at radius 3 is 2.26 bits per heavy atom. The molecule has 0 spiro atoms. The van der Waals surface area contributed by atoms with Crippen LogP contribution in [0.2, 0.25) is 0 Å². The minimum absolute atomic E-state index is 0.267. The number of carbonyl (C=O) groups excluding carboxylic acids is 2. The number of nitrogens with one attached hydrogen (secondary N) is 1. The van der Waals surface area contributed by atoms with Crippen LogP contribution < -0.4 is 11.1 Å². The maximum Gasteiger partial charge on any atom is 0.416 e. The first-order chi connectivity index (χ1) is 10.4. The number of rotatable bonds is 5. The molecule has 2 amide bonds. The summed E-state index contributed by atoms with van der Waals surface area (Å²) in [4.78, 5) is 33.1. The molecule has 0 heterocycles. The highest BCUT2D eigenvalue weighted by molar-refractivity contribution is 6.00. The van der Waals surface area contributed by atoms with Crippen LogP contribution in [-0.4, -0.2) is 22.8 Å². The van der Waals surface area contributed by atoms with Crippen molar-refractivity contribution in [2.75, 3.05) is 0 Å². The third-order valence-corrected chi connectivity index (χ3v) is 3.03. The Kier molecular flexibility index (Phi) is 5.30. The van der Waals surface area contributed by atoms with Crippen molar-refractivity contribution in [1.29, 1.82) is 0 Å². The fourth-order valence-electron chi connectivity index (χ4n) is 1.84. The molecule has 0 bridgehead atoms. The third kappa shape index (κ3) is 4.41. The SMILES string of the molecule is CC(C)[C@H](NC(=O)c1ccc(C(F)(F)F)cc1[N+](=O)[O-])C(N)=O. The average Bonchev–Trinajstić information content (AvgIpc) is 2.41. The number of alkyl halides is 3. The number of nitrogens with zero attached hydrogens (tertiary/aromatic N) is 1.